The first-order valence-electron chi connectivity index (χ1n) is 6.40. The summed E-state index contributed by atoms with van der Waals surface area (Å²) in [7, 11) is 0. The van der Waals surface area contributed by atoms with Crippen molar-refractivity contribution in [3.8, 4) is 0 Å². The fourth-order valence-electron chi connectivity index (χ4n) is 2.27. The van der Waals surface area contributed by atoms with E-state index in [9.17, 15) is 0 Å². The number of rotatable bonds is 3. The molecule has 0 radical (unpaired) electrons. The van der Waals surface area contributed by atoms with Gasteiger partial charge in [0.25, 0.3) is 0 Å². The summed E-state index contributed by atoms with van der Waals surface area (Å²) in [6.45, 7) is 6.78. The van der Waals surface area contributed by atoms with Gasteiger partial charge in [0.2, 0.25) is 0 Å². The van der Waals surface area contributed by atoms with Crippen molar-refractivity contribution in [1.82, 2.24) is 9.97 Å². The minimum absolute atomic E-state index is 0.496. The first-order valence-corrected chi connectivity index (χ1v) is 8.00. The molecule has 100 valence electrons. The van der Waals surface area contributed by atoms with Gasteiger partial charge < -0.3 is 4.90 Å². The van der Waals surface area contributed by atoms with E-state index in [1.54, 1.807) is 0 Å². The summed E-state index contributed by atoms with van der Waals surface area (Å²) in [4.78, 5) is 11.0. The van der Waals surface area contributed by atoms with E-state index in [-0.39, 0.29) is 0 Å². The summed E-state index contributed by atoms with van der Waals surface area (Å²) < 4.78 is 0. The number of aromatic nitrogens is 2. The maximum Gasteiger partial charge on any atom is 0.190 e. The second-order valence-corrected chi connectivity index (χ2v) is 6.35. The molecule has 0 aliphatic carbocycles. The summed E-state index contributed by atoms with van der Waals surface area (Å²) in [6, 6.07) is 1.87. The lowest BCUT2D eigenvalue weighted by Crippen LogP contribution is -2.38. The average molecular weight is 286 g/mol. The highest BCUT2D eigenvalue weighted by Gasteiger charge is 2.28. The van der Waals surface area contributed by atoms with Crippen LogP contribution in [0.4, 0.5) is 5.82 Å². The fraction of sp³-hybridized carbons (Fsp3) is 0.692. The van der Waals surface area contributed by atoms with Gasteiger partial charge in [-0.2, -0.15) is 0 Å². The molecule has 0 amide bonds. The van der Waals surface area contributed by atoms with Crippen molar-refractivity contribution in [1.29, 1.82) is 0 Å². The maximum absolute atomic E-state index is 6.04. The summed E-state index contributed by atoms with van der Waals surface area (Å²) in [5, 5.41) is 1.29. The van der Waals surface area contributed by atoms with Crippen molar-refractivity contribution in [2.24, 2.45) is 5.41 Å². The number of hydrogen-bond acceptors (Lipinski definition) is 4. The predicted octanol–water partition coefficient (Wildman–Crippen LogP) is 3.87. The molecule has 2 rings (SSSR count). The Hall–Kier alpha value is -0.480. The molecule has 0 saturated carbocycles. The molecule has 0 bridgehead atoms. The van der Waals surface area contributed by atoms with E-state index < -0.39 is 0 Å². The van der Waals surface area contributed by atoms with Crippen molar-refractivity contribution in [3.05, 3.63) is 11.2 Å². The minimum atomic E-state index is 0.496. The van der Waals surface area contributed by atoms with Crippen molar-refractivity contribution in [2.75, 3.05) is 24.2 Å². The first-order chi connectivity index (χ1) is 8.56. The monoisotopic (exact) mass is 285 g/mol. The molecule has 1 fully saturated rings. The molecule has 0 unspecified atom stereocenters. The molecule has 3 nitrogen and oxygen atoms in total. The summed E-state index contributed by atoms with van der Waals surface area (Å²) >= 11 is 7.57. The normalized spacial score (nSPS) is 19.0. The van der Waals surface area contributed by atoms with Gasteiger partial charge in [-0.3, -0.25) is 0 Å². The lowest BCUT2D eigenvalue weighted by Gasteiger charge is -2.39. The lowest BCUT2D eigenvalue weighted by atomic mass is 9.78. The Kier molecular flexibility index (Phi) is 4.38. The van der Waals surface area contributed by atoms with Crippen molar-refractivity contribution < 1.29 is 0 Å². The second-order valence-electron chi connectivity index (χ2n) is 5.19. The van der Waals surface area contributed by atoms with E-state index in [4.69, 9.17) is 11.6 Å². The molecule has 0 spiro atoms. The van der Waals surface area contributed by atoms with E-state index in [0.29, 0.717) is 10.6 Å². The van der Waals surface area contributed by atoms with E-state index in [1.807, 2.05) is 12.3 Å². The fourth-order valence-corrected chi connectivity index (χ4v) is 2.87. The second kappa shape index (κ2) is 5.66. The van der Waals surface area contributed by atoms with Crippen LogP contribution in [0.15, 0.2) is 11.2 Å². The van der Waals surface area contributed by atoms with Crippen LogP contribution in [0.5, 0.6) is 0 Å². The Balaban J connectivity index is 2.12. The Morgan fingerprint density at radius 3 is 2.61 bits per heavy atom. The third-order valence-electron chi connectivity index (χ3n) is 3.99. The predicted molar refractivity (Wildman–Crippen MR) is 78.7 cm³/mol. The standard InChI is InChI=1S/C13H20ClN3S/c1-4-13(2)5-7-17(8-6-13)11-9-10(14)15-12(16-11)18-3/h9H,4-8H2,1-3H3. The number of hydrogen-bond donors (Lipinski definition) is 0. The van der Waals surface area contributed by atoms with Gasteiger partial charge in [-0.15, -0.1) is 0 Å². The largest absolute Gasteiger partial charge is 0.356 e. The highest BCUT2D eigenvalue weighted by molar-refractivity contribution is 7.98. The van der Waals surface area contributed by atoms with Gasteiger partial charge in [-0.25, -0.2) is 9.97 Å². The maximum atomic E-state index is 6.04. The van der Waals surface area contributed by atoms with Gasteiger partial charge in [-0.05, 0) is 24.5 Å². The van der Waals surface area contributed by atoms with Crippen molar-refractivity contribution in [2.45, 2.75) is 38.3 Å². The quantitative estimate of drug-likeness (QED) is 0.479. The van der Waals surface area contributed by atoms with E-state index in [0.717, 1.165) is 24.1 Å². The Labute approximate surface area is 118 Å². The van der Waals surface area contributed by atoms with Crippen LogP contribution < -0.4 is 4.90 Å². The highest BCUT2D eigenvalue weighted by Crippen LogP contribution is 2.35. The Morgan fingerprint density at radius 1 is 1.39 bits per heavy atom. The van der Waals surface area contributed by atoms with Crippen LogP contribution in [0.3, 0.4) is 0 Å². The van der Waals surface area contributed by atoms with E-state index in [1.165, 1.54) is 31.0 Å². The molecular weight excluding hydrogens is 266 g/mol. The molecule has 1 aromatic heterocycles. The van der Waals surface area contributed by atoms with Crippen LogP contribution in [0.25, 0.3) is 0 Å². The number of nitrogens with zero attached hydrogens (tertiary/aromatic N) is 3. The van der Waals surface area contributed by atoms with Gasteiger partial charge in [-0.1, -0.05) is 43.6 Å². The summed E-state index contributed by atoms with van der Waals surface area (Å²) in [6.07, 6.45) is 5.67. The third-order valence-corrected chi connectivity index (χ3v) is 4.73. The number of halogens is 1. The topological polar surface area (TPSA) is 29.0 Å². The van der Waals surface area contributed by atoms with Crippen LogP contribution in [-0.2, 0) is 0 Å². The SMILES string of the molecule is CCC1(C)CCN(c2cc(Cl)nc(SC)n2)CC1. The lowest BCUT2D eigenvalue weighted by molar-refractivity contribution is 0.237. The molecule has 18 heavy (non-hydrogen) atoms. The van der Waals surface area contributed by atoms with Crippen LogP contribution in [0, 0.1) is 5.41 Å². The molecule has 1 aliphatic heterocycles. The first kappa shape index (κ1) is 13.9. The van der Waals surface area contributed by atoms with E-state index in [2.05, 4.69) is 28.7 Å². The van der Waals surface area contributed by atoms with Crippen molar-refractivity contribution in [3.63, 3.8) is 0 Å². The molecular formula is C13H20ClN3S. The zero-order valence-corrected chi connectivity index (χ0v) is 12.8. The van der Waals surface area contributed by atoms with Crippen LogP contribution in [0.2, 0.25) is 5.15 Å². The zero-order chi connectivity index (χ0) is 13.2. The molecule has 5 heteroatoms. The summed E-state index contributed by atoms with van der Waals surface area (Å²) in [5.74, 6) is 0.970. The van der Waals surface area contributed by atoms with Gasteiger partial charge in [0.1, 0.15) is 11.0 Å². The molecule has 0 N–H and O–H groups in total. The van der Waals surface area contributed by atoms with Crippen LogP contribution >= 0.6 is 23.4 Å². The number of anilines is 1. The molecule has 0 atom stereocenters. The Morgan fingerprint density at radius 2 is 2.06 bits per heavy atom. The van der Waals surface area contributed by atoms with Gasteiger partial charge >= 0.3 is 0 Å². The van der Waals surface area contributed by atoms with Gasteiger partial charge in [0.15, 0.2) is 5.16 Å². The smallest absolute Gasteiger partial charge is 0.190 e. The third kappa shape index (κ3) is 3.09. The Bertz CT molecular complexity index is 417. The highest BCUT2D eigenvalue weighted by atomic mass is 35.5. The van der Waals surface area contributed by atoms with Gasteiger partial charge in [0, 0.05) is 19.2 Å². The molecule has 1 aromatic rings. The molecule has 1 saturated heterocycles. The van der Waals surface area contributed by atoms with Crippen molar-refractivity contribution >= 4 is 29.2 Å². The van der Waals surface area contributed by atoms with Crippen LogP contribution in [0.1, 0.15) is 33.1 Å². The minimum Gasteiger partial charge on any atom is -0.356 e. The number of thioether (sulfide) groups is 1. The van der Waals surface area contributed by atoms with Crippen LogP contribution in [-0.4, -0.2) is 29.3 Å². The molecule has 1 aliphatic rings. The molecule has 2 heterocycles. The number of piperidine rings is 1. The summed E-state index contributed by atoms with van der Waals surface area (Å²) in [5.41, 5.74) is 0.496. The van der Waals surface area contributed by atoms with Gasteiger partial charge in [0.05, 0.1) is 0 Å². The van der Waals surface area contributed by atoms with E-state index >= 15 is 0 Å². The zero-order valence-electron chi connectivity index (χ0n) is 11.2. The molecule has 0 aromatic carbocycles. The average Bonchev–Trinajstić information content (AvgIpc) is 2.39.